The number of unbranched alkanes of at least 4 members (excludes halogenated alkanes) is 3. The highest BCUT2D eigenvalue weighted by Crippen LogP contribution is 2.32. The maximum atomic E-state index is 13.0. The van der Waals surface area contributed by atoms with E-state index < -0.39 is 10.0 Å². The number of esters is 1. The van der Waals surface area contributed by atoms with Gasteiger partial charge in [0.25, 0.3) is 11.8 Å². The molecule has 3 aliphatic rings. The molecule has 0 radical (unpaired) electrons. The summed E-state index contributed by atoms with van der Waals surface area (Å²) in [6.07, 6.45) is 5.64. The van der Waals surface area contributed by atoms with Gasteiger partial charge in [-0.05, 0) is 50.9 Å². The van der Waals surface area contributed by atoms with E-state index in [9.17, 15) is 22.8 Å². The molecule has 184 valence electrons. The molecule has 0 bridgehead atoms. The standard InChI is InChI=1S/C24H31N3O6S/c1-17-20(7-5-3-4-6-10-25-11-13-26(14-12-25)34(2,31)32)23(29)27(22(17)28)19-8-9-21-18(15-19)16-33-24(21)30/h8-9,15H,3-7,10-14,16H2,1-2H3. The van der Waals surface area contributed by atoms with Crippen molar-refractivity contribution in [2.75, 3.05) is 43.9 Å². The van der Waals surface area contributed by atoms with E-state index in [-0.39, 0.29) is 24.4 Å². The number of piperazine rings is 1. The number of benzene rings is 1. The van der Waals surface area contributed by atoms with Crippen molar-refractivity contribution in [2.45, 2.75) is 45.6 Å². The van der Waals surface area contributed by atoms with Gasteiger partial charge in [0.1, 0.15) is 6.61 Å². The molecule has 34 heavy (non-hydrogen) atoms. The van der Waals surface area contributed by atoms with Crippen LogP contribution in [-0.4, -0.2) is 74.4 Å². The van der Waals surface area contributed by atoms with Crippen molar-refractivity contribution in [3.8, 4) is 0 Å². The van der Waals surface area contributed by atoms with Crippen molar-refractivity contribution in [3.05, 3.63) is 40.5 Å². The smallest absolute Gasteiger partial charge is 0.338 e. The van der Waals surface area contributed by atoms with Crippen molar-refractivity contribution in [1.29, 1.82) is 0 Å². The molecule has 0 spiro atoms. The average molecular weight is 490 g/mol. The van der Waals surface area contributed by atoms with Gasteiger partial charge in [0, 0.05) is 42.9 Å². The first-order chi connectivity index (χ1) is 16.2. The van der Waals surface area contributed by atoms with Crippen molar-refractivity contribution >= 4 is 33.5 Å². The van der Waals surface area contributed by atoms with Gasteiger partial charge in [-0.2, -0.15) is 4.31 Å². The highest BCUT2D eigenvalue weighted by Gasteiger charge is 2.37. The van der Waals surface area contributed by atoms with Gasteiger partial charge in [0.15, 0.2) is 0 Å². The fourth-order valence-electron chi connectivity index (χ4n) is 4.75. The van der Waals surface area contributed by atoms with Crippen LogP contribution in [0.5, 0.6) is 0 Å². The lowest BCUT2D eigenvalue weighted by Crippen LogP contribution is -2.48. The van der Waals surface area contributed by atoms with Crippen LogP contribution in [-0.2, 0) is 31.0 Å². The molecule has 1 aromatic carbocycles. The summed E-state index contributed by atoms with van der Waals surface area (Å²) in [5.41, 5.74) is 2.69. The number of hydrogen-bond donors (Lipinski definition) is 0. The van der Waals surface area contributed by atoms with Crippen LogP contribution in [0, 0.1) is 0 Å². The van der Waals surface area contributed by atoms with Crippen LogP contribution in [0.2, 0.25) is 0 Å². The molecular weight excluding hydrogens is 458 g/mol. The third-order valence-corrected chi connectivity index (χ3v) is 8.12. The summed E-state index contributed by atoms with van der Waals surface area (Å²) in [7, 11) is -3.10. The number of fused-ring (bicyclic) bond motifs is 1. The van der Waals surface area contributed by atoms with Gasteiger partial charge in [-0.15, -0.1) is 0 Å². The third kappa shape index (κ3) is 5.08. The molecule has 4 rings (SSSR count). The Balaban J connectivity index is 1.22. The summed E-state index contributed by atoms with van der Waals surface area (Å²) >= 11 is 0. The molecule has 0 N–H and O–H groups in total. The first kappa shape index (κ1) is 24.6. The molecule has 1 aromatic rings. The van der Waals surface area contributed by atoms with Gasteiger partial charge in [-0.25, -0.2) is 18.1 Å². The highest BCUT2D eigenvalue weighted by atomic mass is 32.2. The summed E-state index contributed by atoms with van der Waals surface area (Å²) in [4.78, 5) is 40.9. The normalized spacial score (nSPS) is 19.8. The number of anilines is 1. The van der Waals surface area contributed by atoms with Gasteiger partial charge in [0.05, 0.1) is 17.5 Å². The molecule has 0 saturated carbocycles. The lowest BCUT2D eigenvalue weighted by Gasteiger charge is -2.33. The van der Waals surface area contributed by atoms with E-state index in [0.29, 0.717) is 47.5 Å². The summed E-state index contributed by atoms with van der Waals surface area (Å²) in [6.45, 7) is 5.41. The third-order valence-electron chi connectivity index (χ3n) is 6.81. The lowest BCUT2D eigenvalue weighted by molar-refractivity contribution is -0.120. The Morgan fingerprint density at radius 2 is 1.65 bits per heavy atom. The Hall–Kier alpha value is -2.56. The molecule has 3 heterocycles. The number of cyclic esters (lactones) is 1. The lowest BCUT2D eigenvalue weighted by atomic mass is 10.0. The number of nitrogens with zero attached hydrogens (tertiary/aromatic N) is 3. The molecule has 2 amide bonds. The Morgan fingerprint density at radius 1 is 0.941 bits per heavy atom. The van der Waals surface area contributed by atoms with Gasteiger partial charge >= 0.3 is 5.97 Å². The first-order valence-corrected chi connectivity index (χ1v) is 13.6. The molecular formula is C24H31N3O6S. The Kier molecular flexibility index (Phi) is 7.20. The fraction of sp³-hybridized carbons (Fsp3) is 0.542. The summed E-state index contributed by atoms with van der Waals surface area (Å²) in [6, 6.07) is 4.91. The van der Waals surface area contributed by atoms with Crippen LogP contribution in [0.4, 0.5) is 5.69 Å². The second kappa shape index (κ2) is 9.97. The maximum absolute atomic E-state index is 13.0. The number of rotatable bonds is 9. The quantitative estimate of drug-likeness (QED) is 0.297. The van der Waals surface area contributed by atoms with Gasteiger partial charge < -0.3 is 9.64 Å². The van der Waals surface area contributed by atoms with Crippen LogP contribution >= 0.6 is 0 Å². The second-order valence-corrected chi connectivity index (χ2v) is 11.1. The van der Waals surface area contributed by atoms with E-state index in [1.165, 1.54) is 15.5 Å². The molecule has 9 nitrogen and oxygen atoms in total. The van der Waals surface area contributed by atoms with Crippen molar-refractivity contribution in [2.24, 2.45) is 0 Å². The molecule has 0 unspecified atom stereocenters. The van der Waals surface area contributed by atoms with E-state index in [1.54, 1.807) is 25.1 Å². The molecule has 1 saturated heterocycles. The fourth-order valence-corrected chi connectivity index (χ4v) is 5.57. The summed E-state index contributed by atoms with van der Waals surface area (Å²) in [5, 5.41) is 0. The van der Waals surface area contributed by atoms with Gasteiger partial charge in [-0.3, -0.25) is 9.59 Å². The molecule has 10 heteroatoms. The van der Waals surface area contributed by atoms with Crippen LogP contribution in [0.3, 0.4) is 0 Å². The van der Waals surface area contributed by atoms with Gasteiger partial charge in [0.2, 0.25) is 10.0 Å². The minimum Gasteiger partial charge on any atom is -0.457 e. The van der Waals surface area contributed by atoms with E-state index in [2.05, 4.69) is 4.90 Å². The molecule has 1 fully saturated rings. The zero-order valence-corrected chi connectivity index (χ0v) is 20.5. The topological polar surface area (TPSA) is 104 Å². The number of amides is 2. The maximum Gasteiger partial charge on any atom is 0.338 e. The van der Waals surface area contributed by atoms with Crippen molar-refractivity contribution in [3.63, 3.8) is 0 Å². The van der Waals surface area contributed by atoms with E-state index in [0.717, 1.165) is 45.3 Å². The first-order valence-electron chi connectivity index (χ1n) is 11.7. The van der Waals surface area contributed by atoms with Crippen LogP contribution in [0.1, 0.15) is 54.9 Å². The predicted octanol–water partition coefficient (Wildman–Crippen LogP) is 2.07. The number of imide groups is 1. The highest BCUT2D eigenvalue weighted by molar-refractivity contribution is 7.88. The summed E-state index contributed by atoms with van der Waals surface area (Å²) < 4.78 is 29.7. The molecule has 3 aliphatic heterocycles. The van der Waals surface area contributed by atoms with E-state index >= 15 is 0 Å². The SMILES string of the molecule is CC1=C(CCCCCCN2CCN(S(C)(=O)=O)CC2)C(=O)N(c2ccc3c(c2)COC3=O)C1=O. The molecule has 0 aromatic heterocycles. The zero-order valence-electron chi connectivity index (χ0n) is 19.7. The van der Waals surface area contributed by atoms with Crippen LogP contribution in [0.15, 0.2) is 29.3 Å². The van der Waals surface area contributed by atoms with E-state index in [1.807, 2.05) is 0 Å². The van der Waals surface area contributed by atoms with Crippen LogP contribution < -0.4 is 4.90 Å². The van der Waals surface area contributed by atoms with Crippen LogP contribution in [0.25, 0.3) is 0 Å². The van der Waals surface area contributed by atoms with Gasteiger partial charge in [-0.1, -0.05) is 12.8 Å². The number of ether oxygens (including phenoxy) is 1. The number of hydrogen-bond acceptors (Lipinski definition) is 7. The molecule has 0 aliphatic carbocycles. The Bertz CT molecular complexity index is 1140. The van der Waals surface area contributed by atoms with E-state index in [4.69, 9.17) is 4.74 Å². The predicted molar refractivity (Wildman–Crippen MR) is 127 cm³/mol. The zero-order chi connectivity index (χ0) is 24.5. The minimum absolute atomic E-state index is 0.158. The largest absolute Gasteiger partial charge is 0.457 e. The minimum atomic E-state index is -3.10. The number of carbonyl (C=O) groups is 3. The monoisotopic (exact) mass is 489 g/mol. The van der Waals surface area contributed by atoms with Crippen molar-refractivity contribution in [1.82, 2.24) is 9.21 Å². The Morgan fingerprint density at radius 3 is 2.35 bits per heavy atom. The Labute approximate surface area is 200 Å². The summed E-state index contributed by atoms with van der Waals surface area (Å²) in [5.74, 6) is -0.971. The number of carbonyl (C=O) groups excluding carboxylic acids is 3. The molecule has 0 atom stereocenters. The second-order valence-electron chi connectivity index (χ2n) is 9.13. The number of sulfonamides is 1. The average Bonchev–Trinajstić information content (AvgIpc) is 3.27. The van der Waals surface area contributed by atoms with Crippen molar-refractivity contribution < 1.29 is 27.5 Å².